The van der Waals surface area contributed by atoms with Gasteiger partial charge in [-0.2, -0.15) is 0 Å². The predicted molar refractivity (Wildman–Crippen MR) is 166 cm³/mol. The minimum Gasteiger partial charge on any atom is -0.444 e. The maximum Gasteiger partial charge on any atom is 0.407 e. The number of rotatable bonds is 12. The first kappa shape index (κ1) is 29.9. The van der Waals surface area contributed by atoms with E-state index < -0.39 is 18.2 Å². The van der Waals surface area contributed by atoms with Crippen LogP contribution in [0.3, 0.4) is 0 Å². The van der Waals surface area contributed by atoms with Crippen LogP contribution in [0, 0.1) is 5.92 Å². The van der Waals surface area contributed by atoms with Gasteiger partial charge in [-0.1, -0.05) is 62.4 Å². The number of aliphatic hydroxyl groups excluding tert-OH is 1. The van der Waals surface area contributed by atoms with Gasteiger partial charge in [0.15, 0.2) is 5.58 Å². The van der Waals surface area contributed by atoms with Gasteiger partial charge in [0, 0.05) is 30.4 Å². The van der Waals surface area contributed by atoms with E-state index in [1.165, 1.54) is 11.3 Å². The molecule has 0 spiro atoms. The van der Waals surface area contributed by atoms with Crippen LogP contribution in [-0.4, -0.2) is 57.2 Å². The van der Waals surface area contributed by atoms with Crippen molar-refractivity contribution in [1.29, 1.82) is 0 Å². The van der Waals surface area contributed by atoms with Crippen LogP contribution in [0.5, 0.6) is 0 Å². The fourth-order valence-corrected chi connectivity index (χ4v) is 5.28. The molecule has 5 rings (SSSR count). The number of fused-ring (bicyclic) bond motifs is 1. The van der Waals surface area contributed by atoms with E-state index in [4.69, 9.17) is 9.15 Å². The van der Waals surface area contributed by atoms with Gasteiger partial charge >= 0.3 is 6.09 Å². The Bertz CT molecular complexity index is 1620. The van der Waals surface area contributed by atoms with Gasteiger partial charge < -0.3 is 24.5 Å². The second-order valence-electron chi connectivity index (χ2n) is 10.7. The first-order valence-corrected chi connectivity index (χ1v) is 15.0. The summed E-state index contributed by atoms with van der Waals surface area (Å²) in [5.41, 5.74) is 5.02. The minimum absolute atomic E-state index is 0.00729. The van der Waals surface area contributed by atoms with E-state index in [1.54, 1.807) is 34.8 Å². The Balaban J connectivity index is 1.33. The van der Waals surface area contributed by atoms with Crippen molar-refractivity contribution < 1.29 is 23.8 Å². The maximum absolute atomic E-state index is 13.8. The zero-order chi connectivity index (χ0) is 30.2. The molecule has 0 unspecified atom stereocenters. The van der Waals surface area contributed by atoms with Crippen molar-refractivity contribution in [3.05, 3.63) is 107 Å². The summed E-state index contributed by atoms with van der Waals surface area (Å²) in [6.45, 7) is 4.52. The SMILES string of the molecule is CC(C)CN(C[C@@H](O)[C@H](Cc1ccccc1)NC(=O)OCc1cncs1)C(=O)c1ccc2nc(-c3ccccc3)oc2c1. The van der Waals surface area contributed by atoms with Crippen molar-refractivity contribution in [2.45, 2.75) is 39.0 Å². The highest BCUT2D eigenvalue weighted by molar-refractivity contribution is 7.09. The van der Waals surface area contributed by atoms with Gasteiger partial charge in [-0.25, -0.2) is 9.78 Å². The van der Waals surface area contributed by atoms with Gasteiger partial charge in [0.05, 0.1) is 22.5 Å². The summed E-state index contributed by atoms with van der Waals surface area (Å²) in [5.74, 6) is 0.366. The van der Waals surface area contributed by atoms with E-state index in [-0.39, 0.29) is 25.0 Å². The molecule has 3 aromatic carbocycles. The van der Waals surface area contributed by atoms with Crippen LogP contribution < -0.4 is 5.32 Å². The van der Waals surface area contributed by atoms with E-state index in [1.807, 2.05) is 74.5 Å². The molecule has 0 bridgehead atoms. The number of hydrogen-bond acceptors (Lipinski definition) is 8. The van der Waals surface area contributed by atoms with Crippen LogP contribution in [0.2, 0.25) is 0 Å². The second-order valence-corrected chi connectivity index (χ2v) is 11.7. The van der Waals surface area contributed by atoms with Gasteiger partial charge in [-0.3, -0.25) is 9.78 Å². The Morgan fingerprint density at radius 1 is 1.02 bits per heavy atom. The number of nitrogens with one attached hydrogen (secondary N) is 1. The van der Waals surface area contributed by atoms with Crippen molar-refractivity contribution in [1.82, 2.24) is 20.2 Å². The van der Waals surface area contributed by atoms with E-state index in [0.717, 1.165) is 16.0 Å². The number of hydrogen-bond donors (Lipinski definition) is 2. The molecule has 0 fully saturated rings. The molecule has 0 saturated carbocycles. The summed E-state index contributed by atoms with van der Waals surface area (Å²) in [6.07, 6.45) is 0.272. The largest absolute Gasteiger partial charge is 0.444 e. The summed E-state index contributed by atoms with van der Waals surface area (Å²) >= 11 is 1.39. The molecule has 0 aliphatic carbocycles. The third kappa shape index (κ3) is 8.06. The zero-order valence-electron chi connectivity index (χ0n) is 24.1. The first-order chi connectivity index (χ1) is 20.9. The number of ether oxygens (including phenoxy) is 1. The summed E-state index contributed by atoms with van der Waals surface area (Å²) in [5, 5.41) is 14.3. The summed E-state index contributed by atoms with van der Waals surface area (Å²) < 4.78 is 11.4. The number of alkyl carbamates (subject to hydrolysis) is 1. The summed E-state index contributed by atoms with van der Waals surface area (Å²) in [7, 11) is 0. The van der Waals surface area contributed by atoms with Crippen LogP contribution >= 0.6 is 11.3 Å². The molecule has 222 valence electrons. The lowest BCUT2D eigenvalue weighted by Crippen LogP contribution is -2.51. The van der Waals surface area contributed by atoms with Gasteiger partial charge in [0.1, 0.15) is 12.1 Å². The lowest BCUT2D eigenvalue weighted by Gasteiger charge is -2.31. The van der Waals surface area contributed by atoms with E-state index in [0.29, 0.717) is 35.5 Å². The molecule has 9 nitrogen and oxygen atoms in total. The normalized spacial score (nSPS) is 12.7. The zero-order valence-corrected chi connectivity index (χ0v) is 24.9. The number of aliphatic hydroxyl groups is 1. The fourth-order valence-electron chi connectivity index (χ4n) is 4.77. The highest BCUT2D eigenvalue weighted by atomic mass is 32.1. The molecule has 0 aliphatic rings. The maximum atomic E-state index is 13.8. The Hall–Kier alpha value is -4.54. The van der Waals surface area contributed by atoms with Crippen molar-refractivity contribution >= 4 is 34.4 Å². The van der Waals surface area contributed by atoms with Crippen molar-refractivity contribution in [2.24, 2.45) is 5.92 Å². The Kier molecular flexibility index (Phi) is 9.81. The molecule has 0 radical (unpaired) electrons. The molecule has 2 N–H and O–H groups in total. The highest BCUT2D eigenvalue weighted by Crippen LogP contribution is 2.25. The van der Waals surface area contributed by atoms with Crippen molar-refractivity contribution in [3.8, 4) is 11.5 Å². The third-order valence-electron chi connectivity index (χ3n) is 6.83. The molecule has 2 amide bonds. The monoisotopic (exact) mass is 598 g/mol. The van der Waals surface area contributed by atoms with E-state index in [2.05, 4.69) is 15.3 Å². The molecule has 2 aromatic heterocycles. The molecule has 2 heterocycles. The first-order valence-electron chi connectivity index (χ1n) is 14.1. The standard InChI is InChI=1S/C33H34N4O5S/c1-22(2)18-37(32(39)25-13-14-27-30(16-25)42-31(35-27)24-11-7-4-8-12-24)19-29(38)28(15-23-9-5-3-6-10-23)36-33(40)41-20-26-17-34-21-43-26/h3-14,16-17,21-22,28-29,38H,15,18-20H2,1-2H3,(H,36,40)/t28-,29+/m0/s1. The van der Waals surface area contributed by atoms with Gasteiger partial charge in [0.2, 0.25) is 5.89 Å². The number of aromatic nitrogens is 2. The number of nitrogens with zero attached hydrogens (tertiary/aromatic N) is 3. The van der Waals surface area contributed by atoms with Gasteiger partial charge in [0.25, 0.3) is 5.91 Å². The summed E-state index contributed by atoms with van der Waals surface area (Å²) in [4.78, 5) is 37.5. The second kappa shape index (κ2) is 14.1. The average molecular weight is 599 g/mol. The topological polar surface area (TPSA) is 118 Å². The third-order valence-corrected chi connectivity index (χ3v) is 7.58. The molecule has 0 saturated heterocycles. The Labute approximate surface area is 254 Å². The van der Waals surface area contributed by atoms with Crippen LogP contribution in [0.25, 0.3) is 22.6 Å². The van der Waals surface area contributed by atoms with Crippen LogP contribution in [-0.2, 0) is 17.8 Å². The van der Waals surface area contributed by atoms with E-state index in [9.17, 15) is 14.7 Å². The van der Waals surface area contributed by atoms with E-state index >= 15 is 0 Å². The quantitative estimate of drug-likeness (QED) is 0.182. The molecular formula is C33H34N4O5S. The van der Waals surface area contributed by atoms with Gasteiger partial charge in [-0.05, 0) is 48.2 Å². The van der Waals surface area contributed by atoms with Crippen LogP contribution in [0.1, 0.15) is 34.6 Å². The number of amides is 2. The highest BCUT2D eigenvalue weighted by Gasteiger charge is 2.28. The summed E-state index contributed by atoms with van der Waals surface area (Å²) in [6, 6.07) is 23.6. The fraction of sp³-hybridized carbons (Fsp3) is 0.273. The van der Waals surface area contributed by atoms with Gasteiger partial charge in [-0.15, -0.1) is 11.3 Å². The average Bonchev–Trinajstić information content (AvgIpc) is 3.69. The lowest BCUT2D eigenvalue weighted by molar-refractivity contribution is 0.0494. The molecule has 10 heteroatoms. The number of benzene rings is 3. The molecule has 0 aliphatic heterocycles. The molecular weight excluding hydrogens is 564 g/mol. The smallest absolute Gasteiger partial charge is 0.407 e. The minimum atomic E-state index is -1.07. The van der Waals surface area contributed by atoms with Crippen LogP contribution in [0.4, 0.5) is 4.79 Å². The molecule has 5 aromatic rings. The van der Waals surface area contributed by atoms with Crippen molar-refractivity contribution in [3.63, 3.8) is 0 Å². The lowest BCUT2D eigenvalue weighted by atomic mass is 10.00. The number of carbonyl (C=O) groups excluding carboxylic acids is 2. The predicted octanol–water partition coefficient (Wildman–Crippen LogP) is 5.95. The Morgan fingerprint density at radius 3 is 2.47 bits per heavy atom. The van der Waals surface area contributed by atoms with Crippen LogP contribution in [0.15, 0.2) is 95.0 Å². The molecule has 2 atom stereocenters. The Morgan fingerprint density at radius 2 is 1.77 bits per heavy atom. The number of thiazole rings is 1. The number of carbonyl (C=O) groups is 2. The van der Waals surface area contributed by atoms with Crippen molar-refractivity contribution in [2.75, 3.05) is 13.1 Å². The molecule has 43 heavy (non-hydrogen) atoms. The number of oxazole rings is 1.